The number of nitrogens with one attached hydrogen (secondary N) is 3. The number of carbonyl (C=O) groups excluding carboxylic acids is 3. The molecule has 10 nitrogen and oxygen atoms in total. The Bertz CT molecular complexity index is 1210. The van der Waals surface area contributed by atoms with Crippen LogP contribution in [0.4, 0.5) is 15.3 Å². The first-order chi connectivity index (χ1) is 18.2. The van der Waals surface area contributed by atoms with Gasteiger partial charge in [-0.1, -0.05) is 55.8 Å². The molecule has 0 spiro atoms. The molecule has 38 heavy (non-hydrogen) atoms. The lowest BCUT2D eigenvalue weighted by molar-refractivity contribution is 0.0498. The highest BCUT2D eigenvalue weighted by atomic mass is 32.2. The van der Waals surface area contributed by atoms with E-state index >= 15 is 0 Å². The number of ether oxygens (including phenoxy) is 1. The third kappa shape index (κ3) is 8.95. The maximum atomic E-state index is 12.4. The van der Waals surface area contributed by atoms with Crippen LogP contribution in [-0.4, -0.2) is 49.9 Å². The topological polar surface area (TPSA) is 134 Å². The number of sulfonamides is 1. The Morgan fingerprint density at radius 3 is 2.45 bits per heavy atom. The van der Waals surface area contributed by atoms with Crippen molar-refractivity contribution in [2.75, 3.05) is 18.5 Å². The second-order valence-corrected chi connectivity index (χ2v) is 11.3. The first kappa shape index (κ1) is 29.3. The highest BCUT2D eigenvalue weighted by Crippen LogP contribution is 2.23. The zero-order chi connectivity index (χ0) is 27.5. The van der Waals surface area contributed by atoms with E-state index in [-0.39, 0.29) is 34.8 Å². The number of hydrogen-bond donors (Lipinski definition) is 4. The third-order valence-electron chi connectivity index (χ3n) is 6.12. The van der Waals surface area contributed by atoms with Crippen LogP contribution in [0.1, 0.15) is 60.9 Å². The molecular weight excluding hydrogens is 528 g/mol. The molecule has 0 heterocycles. The normalized spacial score (nSPS) is 13.8. The molecule has 206 valence electrons. The lowest BCUT2D eigenvalue weighted by atomic mass is 9.96. The predicted octanol–water partition coefficient (Wildman–Crippen LogP) is 4.63. The van der Waals surface area contributed by atoms with Gasteiger partial charge in [-0.3, -0.25) is 4.31 Å². The molecule has 0 radical (unpaired) electrons. The van der Waals surface area contributed by atoms with Crippen molar-refractivity contribution < 1.29 is 27.5 Å². The van der Waals surface area contributed by atoms with Crippen LogP contribution in [0.2, 0.25) is 0 Å². The molecule has 0 saturated heterocycles. The summed E-state index contributed by atoms with van der Waals surface area (Å²) in [5, 5.41) is 5.25. The number of amides is 4. The minimum absolute atomic E-state index is 0.0395. The fraction of sp³-hybridized carbons (Fsp3) is 0.423. The van der Waals surface area contributed by atoms with Gasteiger partial charge in [0.1, 0.15) is 0 Å². The summed E-state index contributed by atoms with van der Waals surface area (Å²) in [6.07, 6.45) is 6.56. The molecule has 2 aromatic carbocycles. The Labute approximate surface area is 229 Å². The van der Waals surface area contributed by atoms with Gasteiger partial charge in [-0.15, -0.1) is 0 Å². The van der Waals surface area contributed by atoms with Gasteiger partial charge in [0, 0.05) is 18.3 Å². The number of carbonyl (C=O) groups is 3. The fourth-order valence-electron chi connectivity index (χ4n) is 4.02. The van der Waals surface area contributed by atoms with E-state index in [4.69, 9.17) is 4.74 Å². The number of esters is 1. The van der Waals surface area contributed by atoms with Gasteiger partial charge >= 0.3 is 18.0 Å². The molecule has 12 heteroatoms. The molecule has 3 rings (SSSR count). The molecule has 0 bridgehead atoms. The predicted molar refractivity (Wildman–Crippen MR) is 148 cm³/mol. The summed E-state index contributed by atoms with van der Waals surface area (Å²) in [4.78, 5) is 36.8. The number of hydrogen-bond acceptors (Lipinski definition) is 7. The number of thiol groups is 1. The molecule has 0 unspecified atom stereocenters. The van der Waals surface area contributed by atoms with Crippen LogP contribution in [0, 0.1) is 6.92 Å². The van der Waals surface area contributed by atoms with Gasteiger partial charge < -0.3 is 15.4 Å². The van der Waals surface area contributed by atoms with Gasteiger partial charge in [0.25, 0.3) is 10.0 Å². The summed E-state index contributed by atoms with van der Waals surface area (Å²) >= 11 is 4.34. The van der Waals surface area contributed by atoms with E-state index < -0.39 is 22.0 Å². The summed E-state index contributed by atoms with van der Waals surface area (Å²) in [5.41, 5.74) is 1.32. The van der Waals surface area contributed by atoms with Gasteiger partial charge in [-0.05, 0) is 62.9 Å². The largest absolute Gasteiger partial charge is 0.462 e. The molecule has 3 N–H and O–H groups in total. The standard InChI is InChI=1S/C26H34N4O6S2/c1-19-12-14-23(15-13-19)38(34,35)29-25(32)28-21-9-7-8-20(18-21)24(31)36-17-6-5-16-27-26(33)30(37)22-10-3-2-4-11-22/h7-9,12-15,18,22,37H,2-6,10-11,16-17H2,1H3,(H,27,33)(H2,28,29,32). The first-order valence-electron chi connectivity index (χ1n) is 12.6. The number of rotatable bonds is 10. The minimum Gasteiger partial charge on any atom is -0.462 e. The highest BCUT2D eigenvalue weighted by Gasteiger charge is 2.22. The number of aryl methyl sites for hydroxylation is 1. The molecule has 0 aromatic heterocycles. The molecule has 1 aliphatic carbocycles. The van der Waals surface area contributed by atoms with Crippen molar-refractivity contribution in [3.05, 3.63) is 59.7 Å². The van der Waals surface area contributed by atoms with Crippen LogP contribution in [0.15, 0.2) is 53.4 Å². The van der Waals surface area contributed by atoms with E-state index in [1.165, 1.54) is 41.1 Å². The van der Waals surface area contributed by atoms with Crippen LogP contribution in [-0.2, 0) is 14.8 Å². The summed E-state index contributed by atoms with van der Waals surface area (Å²) in [6.45, 7) is 2.43. The zero-order valence-corrected chi connectivity index (χ0v) is 23.0. The highest BCUT2D eigenvalue weighted by molar-refractivity contribution is 7.90. The number of urea groups is 2. The van der Waals surface area contributed by atoms with Crippen LogP contribution in [0.5, 0.6) is 0 Å². The maximum Gasteiger partial charge on any atom is 0.338 e. The van der Waals surface area contributed by atoms with Gasteiger partial charge in [0.2, 0.25) is 0 Å². The van der Waals surface area contributed by atoms with Crippen LogP contribution in [0.25, 0.3) is 0 Å². The molecule has 1 aliphatic rings. The fourth-order valence-corrected chi connectivity index (χ4v) is 5.23. The minimum atomic E-state index is -4.05. The first-order valence-corrected chi connectivity index (χ1v) is 14.5. The van der Waals surface area contributed by atoms with E-state index in [0.717, 1.165) is 31.2 Å². The van der Waals surface area contributed by atoms with Crippen molar-refractivity contribution in [3.63, 3.8) is 0 Å². The summed E-state index contributed by atoms with van der Waals surface area (Å²) < 4.78 is 33.5. The maximum absolute atomic E-state index is 12.4. The molecular formula is C26H34N4O6S2. The van der Waals surface area contributed by atoms with Gasteiger partial charge in [-0.2, -0.15) is 0 Å². The monoisotopic (exact) mass is 562 g/mol. The number of anilines is 1. The third-order valence-corrected chi connectivity index (χ3v) is 7.98. The Hall–Kier alpha value is -3.25. The number of nitrogens with zero attached hydrogens (tertiary/aromatic N) is 1. The molecule has 0 aliphatic heterocycles. The van der Waals surface area contributed by atoms with E-state index in [1.807, 2.05) is 11.6 Å². The second-order valence-electron chi connectivity index (χ2n) is 9.16. The Balaban J connectivity index is 1.38. The molecule has 1 saturated carbocycles. The second kappa shape index (κ2) is 14.1. The van der Waals surface area contributed by atoms with Crippen molar-refractivity contribution in [1.82, 2.24) is 14.3 Å². The lowest BCUT2D eigenvalue weighted by Gasteiger charge is -2.29. The Kier molecular flexibility index (Phi) is 10.8. The molecule has 4 amide bonds. The summed E-state index contributed by atoms with van der Waals surface area (Å²) in [7, 11) is -4.05. The van der Waals surface area contributed by atoms with Crippen LogP contribution < -0.4 is 15.4 Å². The lowest BCUT2D eigenvalue weighted by Crippen LogP contribution is -2.41. The molecule has 0 atom stereocenters. The summed E-state index contributed by atoms with van der Waals surface area (Å²) in [5.74, 6) is -0.579. The van der Waals surface area contributed by atoms with Crippen molar-refractivity contribution in [1.29, 1.82) is 0 Å². The van der Waals surface area contributed by atoms with Gasteiger partial charge in [0.15, 0.2) is 0 Å². The van der Waals surface area contributed by atoms with Crippen molar-refractivity contribution in [2.24, 2.45) is 0 Å². The Morgan fingerprint density at radius 2 is 1.74 bits per heavy atom. The van der Waals surface area contributed by atoms with E-state index in [0.29, 0.717) is 19.4 Å². The van der Waals surface area contributed by atoms with Crippen molar-refractivity contribution in [3.8, 4) is 0 Å². The average Bonchev–Trinajstić information content (AvgIpc) is 2.90. The van der Waals surface area contributed by atoms with Gasteiger partial charge in [0.05, 0.1) is 17.1 Å². The summed E-state index contributed by atoms with van der Waals surface area (Å²) in [6, 6.07) is 11.1. The van der Waals surface area contributed by atoms with Crippen molar-refractivity contribution >= 4 is 46.6 Å². The average molecular weight is 563 g/mol. The van der Waals surface area contributed by atoms with Gasteiger partial charge in [-0.25, -0.2) is 27.5 Å². The SMILES string of the molecule is Cc1ccc(S(=O)(=O)NC(=O)Nc2cccc(C(=O)OCCCCNC(=O)N(S)C3CCCCC3)c2)cc1. The van der Waals surface area contributed by atoms with E-state index in [1.54, 1.807) is 18.2 Å². The number of unbranched alkanes of at least 4 members (excludes halogenated alkanes) is 1. The molecule has 2 aromatic rings. The van der Waals surface area contributed by atoms with E-state index in [9.17, 15) is 22.8 Å². The van der Waals surface area contributed by atoms with Crippen molar-refractivity contribution in [2.45, 2.75) is 62.8 Å². The zero-order valence-electron chi connectivity index (χ0n) is 21.3. The van der Waals surface area contributed by atoms with Crippen LogP contribution >= 0.6 is 12.8 Å². The van der Waals surface area contributed by atoms with E-state index in [2.05, 4.69) is 23.4 Å². The van der Waals surface area contributed by atoms with Crippen LogP contribution in [0.3, 0.4) is 0 Å². The smallest absolute Gasteiger partial charge is 0.338 e. The number of benzene rings is 2. The quantitative estimate of drug-likeness (QED) is 0.190. The Morgan fingerprint density at radius 1 is 1.03 bits per heavy atom. The molecule has 1 fully saturated rings.